The molecule has 1 unspecified atom stereocenters. The predicted octanol–water partition coefficient (Wildman–Crippen LogP) is 6.44. The average molecular weight is 588 g/mol. The number of halogens is 1. The Morgan fingerprint density at radius 3 is 2.30 bits per heavy atom. The van der Waals surface area contributed by atoms with Crippen molar-refractivity contribution in [2.75, 3.05) is 13.1 Å². The number of benzene rings is 1. The molecule has 8 heteroatoms. The van der Waals surface area contributed by atoms with Crippen LogP contribution < -0.4 is 5.32 Å². The van der Waals surface area contributed by atoms with Gasteiger partial charge in [-0.15, -0.1) is 0 Å². The standard InChI is InChI=1S/C35H46FN5O2/c1-22(2)41(23(3)4)34(42)29-19-26(36)11-14-31(29)40-21-30(28-15-16-37-20-32(28)40)24-7-5-17-39(18-6-8-24)35(43)33-25-9-12-27(38-33)13-10-25/h11,14-16,19-25,27,33,38H,5-10,12-13,17-18H2,1-4H3. The van der Waals surface area contributed by atoms with Gasteiger partial charge in [-0.25, -0.2) is 4.39 Å². The number of fused-ring (bicyclic) bond motifs is 4. The molecule has 2 amide bonds. The van der Waals surface area contributed by atoms with Crippen LogP contribution in [-0.4, -0.2) is 68.4 Å². The maximum Gasteiger partial charge on any atom is 0.256 e. The Bertz CT molecular complexity index is 1460. The third-order valence-corrected chi connectivity index (χ3v) is 10.1. The normalized spacial score (nSPS) is 23.1. The topological polar surface area (TPSA) is 70.5 Å². The van der Waals surface area contributed by atoms with Crippen LogP contribution in [0.3, 0.4) is 0 Å². The van der Waals surface area contributed by atoms with E-state index in [0.717, 1.165) is 49.7 Å². The summed E-state index contributed by atoms with van der Waals surface area (Å²) in [6.07, 6.45) is 14.4. The van der Waals surface area contributed by atoms with Crippen molar-refractivity contribution >= 4 is 22.7 Å². The van der Waals surface area contributed by atoms with Crippen molar-refractivity contribution in [1.29, 1.82) is 0 Å². The average Bonchev–Trinajstić information content (AvgIpc) is 3.36. The highest BCUT2D eigenvalue weighted by Crippen LogP contribution is 2.38. The summed E-state index contributed by atoms with van der Waals surface area (Å²) >= 11 is 0. The molecule has 0 radical (unpaired) electrons. The molecule has 1 aromatic carbocycles. The molecule has 3 aliphatic heterocycles. The molecular weight excluding hydrogens is 541 g/mol. The van der Waals surface area contributed by atoms with E-state index in [2.05, 4.69) is 27.5 Å². The number of piperidine rings is 2. The van der Waals surface area contributed by atoms with Gasteiger partial charge in [0.15, 0.2) is 0 Å². The molecule has 0 spiro atoms. The first-order valence-electron chi connectivity index (χ1n) is 16.3. The third kappa shape index (κ3) is 5.83. The molecule has 3 aromatic rings. The summed E-state index contributed by atoms with van der Waals surface area (Å²) in [5.41, 5.74) is 3.16. The van der Waals surface area contributed by atoms with Crippen molar-refractivity contribution in [3.05, 3.63) is 59.8 Å². The highest BCUT2D eigenvalue weighted by Gasteiger charge is 2.40. The SMILES string of the molecule is CC(C)N(C(=O)c1cc(F)ccc1-n1cc(C2CCCN(C(=O)C3NC4CCC3CC4)CCC2)c2ccncc21)C(C)C. The van der Waals surface area contributed by atoms with Crippen molar-refractivity contribution in [3.63, 3.8) is 0 Å². The second-order valence-corrected chi connectivity index (χ2v) is 13.5. The molecule has 1 aliphatic carbocycles. The molecule has 4 aliphatic rings. The van der Waals surface area contributed by atoms with E-state index in [1.54, 1.807) is 11.0 Å². The number of nitrogens with zero attached hydrogens (tertiary/aromatic N) is 4. The molecule has 230 valence electrons. The number of hydrogen-bond acceptors (Lipinski definition) is 4. The fraction of sp³-hybridized carbons (Fsp3) is 0.571. The summed E-state index contributed by atoms with van der Waals surface area (Å²) in [5.74, 6) is 0.523. The first kappa shape index (κ1) is 29.8. The molecule has 1 N–H and O–H groups in total. The fourth-order valence-electron chi connectivity index (χ4n) is 8.04. The maximum atomic E-state index is 14.6. The van der Waals surface area contributed by atoms with E-state index in [9.17, 15) is 14.0 Å². The second kappa shape index (κ2) is 12.4. The number of nitrogens with one attached hydrogen (secondary N) is 1. The number of hydrogen-bond donors (Lipinski definition) is 1. The zero-order chi connectivity index (χ0) is 30.2. The van der Waals surface area contributed by atoms with Gasteiger partial charge in [0.05, 0.1) is 29.0 Å². The number of pyridine rings is 1. The van der Waals surface area contributed by atoms with Gasteiger partial charge in [0.2, 0.25) is 5.91 Å². The van der Waals surface area contributed by atoms with Gasteiger partial charge in [0.1, 0.15) is 5.82 Å². The summed E-state index contributed by atoms with van der Waals surface area (Å²) in [7, 11) is 0. The molecular formula is C35H46FN5O2. The van der Waals surface area contributed by atoms with E-state index in [1.165, 1.54) is 43.4 Å². The molecule has 2 aromatic heterocycles. The van der Waals surface area contributed by atoms with Crippen molar-refractivity contribution in [1.82, 2.24) is 24.7 Å². The maximum absolute atomic E-state index is 14.6. The first-order chi connectivity index (χ1) is 20.7. The molecule has 7 rings (SSSR count). The van der Waals surface area contributed by atoms with Crippen LogP contribution in [0.2, 0.25) is 0 Å². The van der Waals surface area contributed by atoms with Crippen LogP contribution in [-0.2, 0) is 4.79 Å². The van der Waals surface area contributed by atoms with Crippen molar-refractivity contribution < 1.29 is 14.0 Å². The number of aromatic nitrogens is 2. The smallest absolute Gasteiger partial charge is 0.256 e. The first-order valence-corrected chi connectivity index (χ1v) is 16.3. The lowest BCUT2D eigenvalue weighted by molar-refractivity contribution is -0.137. The van der Waals surface area contributed by atoms with E-state index in [1.807, 2.05) is 44.7 Å². The van der Waals surface area contributed by atoms with E-state index in [-0.39, 0.29) is 24.0 Å². The van der Waals surface area contributed by atoms with Gasteiger partial charge in [-0.05, 0) is 121 Å². The molecule has 43 heavy (non-hydrogen) atoms. The fourth-order valence-corrected chi connectivity index (χ4v) is 8.04. The Kier molecular flexibility index (Phi) is 8.58. The van der Waals surface area contributed by atoms with Gasteiger partial charge in [-0.3, -0.25) is 14.6 Å². The molecule has 1 atom stereocenters. The van der Waals surface area contributed by atoms with Crippen LogP contribution in [0.1, 0.15) is 101 Å². The van der Waals surface area contributed by atoms with Crippen molar-refractivity contribution in [2.45, 2.75) is 109 Å². The highest BCUT2D eigenvalue weighted by atomic mass is 19.1. The molecule has 5 heterocycles. The predicted molar refractivity (Wildman–Crippen MR) is 168 cm³/mol. The van der Waals surface area contributed by atoms with Crippen LogP contribution in [0.15, 0.2) is 42.9 Å². The Balaban J connectivity index is 1.26. The van der Waals surface area contributed by atoms with E-state index in [4.69, 9.17) is 0 Å². The number of amides is 2. The Morgan fingerprint density at radius 2 is 1.67 bits per heavy atom. The van der Waals surface area contributed by atoms with Crippen molar-refractivity contribution in [3.8, 4) is 5.69 Å². The molecule has 2 bridgehead atoms. The number of rotatable bonds is 6. The lowest BCUT2D eigenvalue weighted by Gasteiger charge is -2.44. The van der Waals surface area contributed by atoms with Crippen LogP contribution >= 0.6 is 0 Å². The van der Waals surface area contributed by atoms with Gasteiger partial charge < -0.3 is 19.7 Å². The summed E-state index contributed by atoms with van der Waals surface area (Å²) in [4.78, 5) is 35.7. The minimum atomic E-state index is -0.426. The van der Waals surface area contributed by atoms with Gasteiger partial charge in [-0.1, -0.05) is 0 Å². The minimum Gasteiger partial charge on any atom is -0.341 e. The second-order valence-electron chi connectivity index (χ2n) is 13.5. The molecule has 7 nitrogen and oxygen atoms in total. The van der Waals surface area contributed by atoms with E-state index >= 15 is 0 Å². The van der Waals surface area contributed by atoms with Gasteiger partial charge in [0, 0.05) is 49.0 Å². The summed E-state index contributed by atoms with van der Waals surface area (Å²) < 4.78 is 16.6. The Morgan fingerprint density at radius 1 is 0.977 bits per heavy atom. The summed E-state index contributed by atoms with van der Waals surface area (Å²) in [6.45, 7) is 9.54. The summed E-state index contributed by atoms with van der Waals surface area (Å²) in [6, 6.07) is 7.04. The van der Waals surface area contributed by atoms with Crippen LogP contribution in [0, 0.1) is 11.7 Å². The number of carbonyl (C=O) groups is 2. The third-order valence-electron chi connectivity index (χ3n) is 10.1. The molecule has 1 saturated carbocycles. The quantitative estimate of drug-likeness (QED) is 0.360. The Labute approximate surface area is 254 Å². The lowest BCUT2D eigenvalue weighted by atomic mass is 9.76. The van der Waals surface area contributed by atoms with E-state index < -0.39 is 5.82 Å². The number of likely N-dealkylation sites (tertiary alicyclic amines) is 1. The largest absolute Gasteiger partial charge is 0.341 e. The number of carbonyl (C=O) groups excluding carboxylic acids is 2. The minimum absolute atomic E-state index is 0.00290. The Hall–Kier alpha value is -3.26. The van der Waals surface area contributed by atoms with Crippen LogP contribution in [0.5, 0.6) is 0 Å². The summed E-state index contributed by atoms with van der Waals surface area (Å²) in [5, 5.41) is 4.76. The zero-order valence-corrected chi connectivity index (χ0v) is 26.1. The van der Waals surface area contributed by atoms with E-state index in [0.29, 0.717) is 35.0 Å². The lowest BCUT2D eigenvalue weighted by Crippen LogP contribution is -2.59. The van der Waals surface area contributed by atoms with Gasteiger partial charge >= 0.3 is 0 Å². The van der Waals surface area contributed by atoms with Crippen molar-refractivity contribution in [2.24, 2.45) is 5.92 Å². The monoisotopic (exact) mass is 587 g/mol. The highest BCUT2D eigenvalue weighted by molar-refractivity contribution is 5.99. The van der Waals surface area contributed by atoms with Crippen LogP contribution in [0.4, 0.5) is 4.39 Å². The van der Waals surface area contributed by atoms with Gasteiger partial charge in [-0.2, -0.15) is 0 Å². The molecule has 4 fully saturated rings. The van der Waals surface area contributed by atoms with Crippen LogP contribution in [0.25, 0.3) is 16.6 Å². The van der Waals surface area contributed by atoms with Gasteiger partial charge in [0.25, 0.3) is 5.91 Å². The molecule has 3 saturated heterocycles. The zero-order valence-electron chi connectivity index (χ0n) is 26.1.